The zero-order valence-corrected chi connectivity index (χ0v) is 13.5. The highest BCUT2D eigenvalue weighted by atomic mass is 35.5. The molecule has 1 aromatic rings. The molecule has 1 N–H and O–H groups in total. The van der Waals surface area contributed by atoms with Crippen LogP contribution in [0.5, 0.6) is 0 Å². The lowest BCUT2D eigenvalue weighted by Crippen LogP contribution is -2.43. The molecule has 1 aromatic carbocycles. The SMILES string of the molecule is CC(C)(CNC(C)(C)C)COCc1ccc(Cl)cc1. The van der Waals surface area contributed by atoms with Crippen LogP contribution in [0.25, 0.3) is 0 Å². The lowest BCUT2D eigenvalue weighted by Gasteiger charge is -2.30. The van der Waals surface area contributed by atoms with Crippen LogP contribution >= 0.6 is 11.6 Å². The van der Waals surface area contributed by atoms with Crippen LogP contribution in [0.1, 0.15) is 40.2 Å². The van der Waals surface area contributed by atoms with Gasteiger partial charge in [0.1, 0.15) is 0 Å². The van der Waals surface area contributed by atoms with Gasteiger partial charge in [-0.25, -0.2) is 0 Å². The molecule has 0 bridgehead atoms. The summed E-state index contributed by atoms with van der Waals surface area (Å²) in [5.41, 5.74) is 1.43. The van der Waals surface area contributed by atoms with Gasteiger partial charge in [-0.2, -0.15) is 0 Å². The fraction of sp³-hybridized carbons (Fsp3) is 0.625. The van der Waals surface area contributed by atoms with E-state index in [4.69, 9.17) is 16.3 Å². The molecule has 108 valence electrons. The summed E-state index contributed by atoms with van der Waals surface area (Å²) in [5, 5.41) is 4.28. The van der Waals surface area contributed by atoms with Crippen molar-refractivity contribution in [2.24, 2.45) is 5.41 Å². The number of hydrogen-bond donors (Lipinski definition) is 1. The zero-order chi connectivity index (χ0) is 14.5. The van der Waals surface area contributed by atoms with Gasteiger partial charge in [0.05, 0.1) is 13.2 Å². The minimum atomic E-state index is 0.125. The molecule has 0 spiro atoms. The second kappa shape index (κ2) is 6.74. The van der Waals surface area contributed by atoms with Crippen LogP contribution in [0.4, 0.5) is 0 Å². The van der Waals surface area contributed by atoms with Gasteiger partial charge in [0.15, 0.2) is 0 Å². The molecule has 0 aromatic heterocycles. The highest BCUT2D eigenvalue weighted by Gasteiger charge is 2.21. The van der Waals surface area contributed by atoms with Crippen molar-refractivity contribution in [2.45, 2.75) is 46.8 Å². The van der Waals surface area contributed by atoms with Gasteiger partial charge in [0.25, 0.3) is 0 Å². The van der Waals surface area contributed by atoms with Gasteiger partial charge < -0.3 is 10.1 Å². The minimum absolute atomic E-state index is 0.125. The van der Waals surface area contributed by atoms with Crippen LogP contribution in [0, 0.1) is 5.41 Å². The fourth-order valence-corrected chi connectivity index (χ4v) is 1.71. The molecule has 0 aliphatic heterocycles. The predicted molar refractivity (Wildman–Crippen MR) is 82.6 cm³/mol. The van der Waals surface area contributed by atoms with Crippen LogP contribution in [-0.2, 0) is 11.3 Å². The van der Waals surface area contributed by atoms with Gasteiger partial charge >= 0.3 is 0 Å². The van der Waals surface area contributed by atoms with E-state index in [0.717, 1.165) is 23.7 Å². The Bertz CT molecular complexity index is 379. The topological polar surface area (TPSA) is 21.3 Å². The van der Waals surface area contributed by atoms with Crippen molar-refractivity contribution in [3.8, 4) is 0 Å². The molecule has 0 saturated heterocycles. The monoisotopic (exact) mass is 283 g/mol. The van der Waals surface area contributed by atoms with Crippen molar-refractivity contribution in [1.29, 1.82) is 0 Å². The minimum Gasteiger partial charge on any atom is -0.376 e. The molecule has 0 aliphatic carbocycles. The first-order chi connectivity index (χ1) is 8.68. The molecule has 0 saturated carbocycles. The van der Waals surface area contributed by atoms with E-state index in [0.29, 0.717) is 6.61 Å². The first-order valence-electron chi connectivity index (χ1n) is 6.75. The number of hydrogen-bond acceptors (Lipinski definition) is 2. The van der Waals surface area contributed by atoms with Crippen molar-refractivity contribution in [2.75, 3.05) is 13.2 Å². The maximum Gasteiger partial charge on any atom is 0.0717 e. The molecule has 0 fully saturated rings. The van der Waals surface area contributed by atoms with E-state index >= 15 is 0 Å². The summed E-state index contributed by atoms with van der Waals surface area (Å²) >= 11 is 5.85. The molecule has 0 unspecified atom stereocenters. The van der Waals surface area contributed by atoms with Crippen molar-refractivity contribution < 1.29 is 4.74 Å². The molecule has 0 radical (unpaired) electrons. The Morgan fingerprint density at radius 1 is 1.05 bits per heavy atom. The molecule has 1 rings (SSSR count). The van der Waals surface area contributed by atoms with E-state index in [-0.39, 0.29) is 11.0 Å². The van der Waals surface area contributed by atoms with E-state index in [1.807, 2.05) is 24.3 Å². The molecule has 3 heteroatoms. The molecular formula is C16H26ClNO. The summed E-state index contributed by atoms with van der Waals surface area (Å²) in [6.07, 6.45) is 0. The Labute approximate surface area is 122 Å². The number of nitrogens with one attached hydrogen (secondary N) is 1. The second-order valence-electron chi connectivity index (χ2n) is 6.89. The van der Waals surface area contributed by atoms with E-state index in [1.54, 1.807) is 0 Å². The van der Waals surface area contributed by atoms with Crippen LogP contribution in [0.15, 0.2) is 24.3 Å². The van der Waals surface area contributed by atoms with Gasteiger partial charge in [-0.1, -0.05) is 37.6 Å². The lowest BCUT2D eigenvalue weighted by molar-refractivity contribution is 0.0483. The quantitative estimate of drug-likeness (QED) is 0.842. The maximum atomic E-state index is 5.85. The number of rotatable bonds is 6. The summed E-state index contributed by atoms with van der Waals surface area (Å²) in [6.45, 7) is 13.3. The number of halogens is 1. The average Bonchev–Trinajstić information content (AvgIpc) is 2.29. The predicted octanol–water partition coefficient (Wildman–Crippen LogP) is 4.27. The molecule has 0 atom stereocenters. The average molecular weight is 284 g/mol. The molecular weight excluding hydrogens is 258 g/mol. The third-order valence-corrected chi connectivity index (χ3v) is 3.02. The lowest BCUT2D eigenvalue weighted by atomic mass is 9.93. The fourth-order valence-electron chi connectivity index (χ4n) is 1.58. The van der Waals surface area contributed by atoms with Crippen molar-refractivity contribution >= 4 is 11.6 Å². The molecule has 19 heavy (non-hydrogen) atoms. The highest BCUT2D eigenvalue weighted by molar-refractivity contribution is 6.30. The highest BCUT2D eigenvalue weighted by Crippen LogP contribution is 2.17. The summed E-state index contributed by atoms with van der Waals surface area (Å²) in [4.78, 5) is 0. The van der Waals surface area contributed by atoms with E-state index in [1.165, 1.54) is 0 Å². The largest absolute Gasteiger partial charge is 0.376 e. The van der Waals surface area contributed by atoms with Crippen molar-refractivity contribution in [3.05, 3.63) is 34.9 Å². The van der Waals surface area contributed by atoms with Gasteiger partial charge in [0.2, 0.25) is 0 Å². The maximum absolute atomic E-state index is 5.85. The first kappa shape index (κ1) is 16.5. The molecule has 2 nitrogen and oxygen atoms in total. The zero-order valence-electron chi connectivity index (χ0n) is 12.7. The summed E-state index contributed by atoms with van der Waals surface area (Å²) in [5.74, 6) is 0. The third kappa shape index (κ3) is 7.56. The van der Waals surface area contributed by atoms with Crippen molar-refractivity contribution in [1.82, 2.24) is 5.32 Å². The summed E-state index contributed by atoms with van der Waals surface area (Å²) < 4.78 is 5.81. The van der Waals surface area contributed by atoms with Crippen LogP contribution < -0.4 is 5.32 Å². The number of benzene rings is 1. The second-order valence-corrected chi connectivity index (χ2v) is 7.32. The third-order valence-electron chi connectivity index (χ3n) is 2.77. The molecule has 0 heterocycles. The molecule has 0 aliphatic rings. The van der Waals surface area contributed by atoms with Gasteiger partial charge in [-0.3, -0.25) is 0 Å². The van der Waals surface area contributed by atoms with E-state index < -0.39 is 0 Å². The summed E-state index contributed by atoms with van der Waals surface area (Å²) in [7, 11) is 0. The van der Waals surface area contributed by atoms with Crippen molar-refractivity contribution in [3.63, 3.8) is 0 Å². The van der Waals surface area contributed by atoms with Gasteiger partial charge in [0, 0.05) is 22.5 Å². The Balaban J connectivity index is 2.33. The first-order valence-corrected chi connectivity index (χ1v) is 7.13. The van der Waals surface area contributed by atoms with E-state index in [9.17, 15) is 0 Å². The number of ether oxygens (including phenoxy) is 1. The Hall–Kier alpha value is -0.570. The Kier molecular flexibility index (Phi) is 5.84. The van der Waals surface area contributed by atoms with Crippen LogP contribution in [-0.4, -0.2) is 18.7 Å². The Morgan fingerprint density at radius 3 is 2.16 bits per heavy atom. The smallest absolute Gasteiger partial charge is 0.0717 e. The van der Waals surface area contributed by atoms with Crippen LogP contribution in [0.2, 0.25) is 5.02 Å². The summed E-state index contributed by atoms with van der Waals surface area (Å²) in [6, 6.07) is 7.80. The Morgan fingerprint density at radius 2 is 1.63 bits per heavy atom. The standard InChI is InChI=1S/C16H26ClNO/c1-15(2,3)18-11-16(4,5)12-19-10-13-6-8-14(17)9-7-13/h6-9,18H,10-12H2,1-5H3. The van der Waals surface area contributed by atoms with Gasteiger partial charge in [-0.05, 0) is 38.5 Å². The van der Waals surface area contributed by atoms with Crippen LogP contribution in [0.3, 0.4) is 0 Å². The van der Waals surface area contributed by atoms with Gasteiger partial charge in [-0.15, -0.1) is 0 Å². The molecule has 0 amide bonds. The normalized spacial score (nSPS) is 12.7. The van der Waals surface area contributed by atoms with E-state index in [2.05, 4.69) is 39.9 Å².